The average molecular weight is 342 g/mol. The Morgan fingerprint density at radius 1 is 1.24 bits per heavy atom. The van der Waals surface area contributed by atoms with Crippen molar-refractivity contribution in [2.24, 2.45) is 0 Å². The van der Waals surface area contributed by atoms with E-state index in [0.29, 0.717) is 5.69 Å². The molecule has 0 aliphatic carbocycles. The van der Waals surface area contributed by atoms with E-state index in [2.05, 4.69) is 30.6 Å². The van der Waals surface area contributed by atoms with E-state index in [1.165, 1.54) is 24.5 Å². The minimum Gasteiger partial charge on any atom is -0.503 e. The highest BCUT2D eigenvalue weighted by atomic mass is 19.1. The van der Waals surface area contributed by atoms with Gasteiger partial charge >= 0.3 is 0 Å². The van der Waals surface area contributed by atoms with Gasteiger partial charge in [0.2, 0.25) is 5.95 Å². The molecule has 0 saturated carbocycles. The number of aromatic nitrogens is 4. The maximum absolute atomic E-state index is 13.0. The smallest absolute Gasteiger partial charge is 0.271 e. The summed E-state index contributed by atoms with van der Waals surface area (Å²) in [5.74, 6) is -0.304. The Kier molecular flexibility index (Phi) is 4.55. The molecule has 1 unspecified atom stereocenters. The van der Waals surface area contributed by atoms with E-state index in [-0.39, 0.29) is 34.8 Å². The van der Waals surface area contributed by atoms with Crippen LogP contribution in [0.5, 0.6) is 5.75 Å². The molecule has 3 heterocycles. The molecule has 0 bridgehead atoms. The molecule has 9 heteroatoms. The molecule has 3 rings (SSSR count). The summed E-state index contributed by atoms with van der Waals surface area (Å²) in [6.45, 7) is 1.79. The third kappa shape index (κ3) is 3.89. The maximum atomic E-state index is 13.0. The Morgan fingerprint density at radius 3 is 2.80 bits per heavy atom. The number of halogens is 1. The lowest BCUT2D eigenvalue weighted by molar-refractivity contribution is 0.471. The normalized spacial score (nSPS) is 11.8. The molecule has 0 aliphatic rings. The predicted octanol–water partition coefficient (Wildman–Crippen LogP) is 2.32. The fourth-order valence-electron chi connectivity index (χ4n) is 2.10. The molecule has 0 aliphatic heterocycles. The average Bonchev–Trinajstić information content (AvgIpc) is 2.60. The van der Waals surface area contributed by atoms with Gasteiger partial charge in [-0.15, -0.1) is 0 Å². The first-order valence-electron chi connectivity index (χ1n) is 7.41. The molecule has 3 aromatic rings. The number of rotatable bonds is 5. The van der Waals surface area contributed by atoms with E-state index in [1.54, 1.807) is 19.1 Å². The molecule has 0 spiro atoms. The van der Waals surface area contributed by atoms with Crippen LogP contribution < -0.4 is 16.2 Å². The van der Waals surface area contributed by atoms with Crippen LogP contribution in [0, 0.1) is 5.82 Å². The van der Waals surface area contributed by atoms with E-state index in [4.69, 9.17) is 0 Å². The molecule has 4 N–H and O–H groups in total. The second-order valence-corrected chi connectivity index (χ2v) is 5.23. The summed E-state index contributed by atoms with van der Waals surface area (Å²) in [6, 6.07) is 5.73. The van der Waals surface area contributed by atoms with E-state index in [0.717, 1.165) is 6.20 Å². The quantitative estimate of drug-likeness (QED) is 0.562. The van der Waals surface area contributed by atoms with Crippen molar-refractivity contribution in [3.63, 3.8) is 0 Å². The zero-order chi connectivity index (χ0) is 17.8. The molecule has 128 valence electrons. The van der Waals surface area contributed by atoms with E-state index in [1.807, 2.05) is 0 Å². The first kappa shape index (κ1) is 16.4. The van der Waals surface area contributed by atoms with Crippen molar-refractivity contribution in [3.05, 3.63) is 64.7 Å². The largest absolute Gasteiger partial charge is 0.503 e. The van der Waals surface area contributed by atoms with Crippen molar-refractivity contribution in [2.45, 2.75) is 13.0 Å². The summed E-state index contributed by atoms with van der Waals surface area (Å²) in [7, 11) is 0. The van der Waals surface area contributed by atoms with E-state index >= 15 is 0 Å². The number of hydrogen-bond acceptors (Lipinski definition) is 7. The highest BCUT2D eigenvalue weighted by Gasteiger charge is 2.13. The van der Waals surface area contributed by atoms with E-state index < -0.39 is 5.82 Å². The molecule has 0 amide bonds. The number of aromatic amines is 1. The van der Waals surface area contributed by atoms with Gasteiger partial charge < -0.3 is 20.7 Å². The topological polar surface area (TPSA) is 116 Å². The summed E-state index contributed by atoms with van der Waals surface area (Å²) in [6.07, 6.45) is 3.83. The van der Waals surface area contributed by atoms with Crippen molar-refractivity contribution in [1.82, 2.24) is 19.9 Å². The Bertz CT molecular complexity index is 928. The van der Waals surface area contributed by atoms with Crippen LogP contribution in [-0.2, 0) is 0 Å². The standard InChI is InChI=1S/C16H15FN6O2/c1-9(11-5-4-10(17)7-19-11)21-14-13(24)8-20-16(23-14)22-12-3-2-6-18-15(12)25/h2-9,24H,1H3,(H,18,25)(H2,20,21,22,23). The van der Waals surface area contributed by atoms with Crippen LogP contribution in [0.4, 0.5) is 21.8 Å². The second kappa shape index (κ2) is 6.95. The lowest BCUT2D eigenvalue weighted by Crippen LogP contribution is -2.13. The summed E-state index contributed by atoms with van der Waals surface area (Å²) < 4.78 is 13.0. The van der Waals surface area contributed by atoms with Crippen LogP contribution in [0.25, 0.3) is 0 Å². The Balaban J connectivity index is 1.81. The van der Waals surface area contributed by atoms with Crippen molar-refractivity contribution >= 4 is 17.5 Å². The number of nitrogens with one attached hydrogen (secondary N) is 3. The number of pyridine rings is 2. The molecule has 0 fully saturated rings. The fraction of sp³-hybridized carbons (Fsp3) is 0.125. The van der Waals surface area contributed by atoms with Gasteiger partial charge in [-0.3, -0.25) is 9.78 Å². The Hall–Kier alpha value is -3.49. The van der Waals surface area contributed by atoms with Gasteiger partial charge in [0.1, 0.15) is 11.5 Å². The number of hydrogen-bond donors (Lipinski definition) is 4. The summed E-state index contributed by atoms with van der Waals surface area (Å²) in [5, 5.41) is 15.7. The first-order valence-corrected chi connectivity index (χ1v) is 7.41. The monoisotopic (exact) mass is 342 g/mol. The number of aromatic hydroxyl groups is 1. The van der Waals surface area contributed by atoms with Crippen LogP contribution in [0.15, 0.2) is 47.7 Å². The zero-order valence-electron chi connectivity index (χ0n) is 13.2. The summed E-state index contributed by atoms with van der Waals surface area (Å²) in [4.78, 5) is 26.3. The molecule has 0 aromatic carbocycles. The van der Waals surface area contributed by atoms with Gasteiger partial charge in [0, 0.05) is 6.20 Å². The number of nitrogens with zero attached hydrogens (tertiary/aromatic N) is 3. The molecule has 0 saturated heterocycles. The molecule has 8 nitrogen and oxygen atoms in total. The van der Waals surface area contributed by atoms with Gasteiger partial charge in [-0.1, -0.05) is 0 Å². The second-order valence-electron chi connectivity index (χ2n) is 5.23. The highest BCUT2D eigenvalue weighted by molar-refractivity contribution is 5.57. The van der Waals surface area contributed by atoms with Crippen LogP contribution in [0.2, 0.25) is 0 Å². The third-order valence-electron chi connectivity index (χ3n) is 3.38. The lowest BCUT2D eigenvalue weighted by atomic mass is 10.2. The third-order valence-corrected chi connectivity index (χ3v) is 3.38. The molecule has 3 aromatic heterocycles. The Morgan fingerprint density at radius 2 is 2.08 bits per heavy atom. The van der Waals surface area contributed by atoms with Crippen molar-refractivity contribution in [3.8, 4) is 5.75 Å². The summed E-state index contributed by atoms with van der Waals surface area (Å²) in [5.41, 5.74) is 0.526. The minimum atomic E-state index is -0.430. The van der Waals surface area contributed by atoms with E-state index in [9.17, 15) is 14.3 Å². The highest BCUT2D eigenvalue weighted by Crippen LogP contribution is 2.25. The fourth-order valence-corrected chi connectivity index (χ4v) is 2.10. The van der Waals surface area contributed by atoms with Crippen LogP contribution in [0.3, 0.4) is 0 Å². The van der Waals surface area contributed by atoms with Crippen LogP contribution >= 0.6 is 0 Å². The van der Waals surface area contributed by atoms with Crippen LogP contribution in [-0.4, -0.2) is 25.0 Å². The van der Waals surface area contributed by atoms with Crippen molar-refractivity contribution in [2.75, 3.05) is 10.6 Å². The van der Waals surface area contributed by atoms with Gasteiger partial charge in [0.05, 0.1) is 24.1 Å². The Labute approximate surface area is 141 Å². The van der Waals surface area contributed by atoms with Gasteiger partial charge in [0.15, 0.2) is 11.6 Å². The number of anilines is 3. The molecular weight excluding hydrogens is 327 g/mol. The molecule has 0 radical (unpaired) electrons. The first-order chi connectivity index (χ1) is 12.0. The molecule has 25 heavy (non-hydrogen) atoms. The van der Waals surface area contributed by atoms with Gasteiger partial charge in [-0.2, -0.15) is 4.98 Å². The van der Waals surface area contributed by atoms with Crippen LogP contribution in [0.1, 0.15) is 18.7 Å². The molecule has 1 atom stereocenters. The lowest BCUT2D eigenvalue weighted by Gasteiger charge is -2.15. The van der Waals surface area contributed by atoms with Gasteiger partial charge in [0.25, 0.3) is 5.56 Å². The number of H-pyrrole nitrogens is 1. The summed E-state index contributed by atoms with van der Waals surface area (Å²) >= 11 is 0. The van der Waals surface area contributed by atoms with Crippen molar-refractivity contribution in [1.29, 1.82) is 0 Å². The SMILES string of the molecule is CC(Nc1nc(Nc2ccc[nH]c2=O)ncc1O)c1ccc(F)cn1. The van der Waals surface area contributed by atoms with Crippen molar-refractivity contribution < 1.29 is 9.50 Å². The van der Waals surface area contributed by atoms with Gasteiger partial charge in [-0.05, 0) is 31.2 Å². The minimum absolute atomic E-state index is 0.135. The van der Waals surface area contributed by atoms with Gasteiger partial charge in [-0.25, -0.2) is 9.37 Å². The maximum Gasteiger partial charge on any atom is 0.271 e. The predicted molar refractivity (Wildman–Crippen MR) is 90.3 cm³/mol. The zero-order valence-corrected chi connectivity index (χ0v) is 13.2. The molecular formula is C16H15FN6O2.